The minimum absolute atomic E-state index is 0.275. The van der Waals surface area contributed by atoms with E-state index in [1.165, 1.54) is 0 Å². The van der Waals surface area contributed by atoms with Gasteiger partial charge in [-0.15, -0.1) is 0 Å². The van der Waals surface area contributed by atoms with Crippen LogP contribution in [0.15, 0.2) is 30.3 Å². The SMILES string of the molecule is CC(C)(C)OC(=O)CC(=O)CC(=O)c1ccccc1. The highest BCUT2D eigenvalue weighted by Gasteiger charge is 2.20. The summed E-state index contributed by atoms with van der Waals surface area (Å²) >= 11 is 0. The van der Waals surface area contributed by atoms with Crippen LogP contribution < -0.4 is 0 Å². The van der Waals surface area contributed by atoms with E-state index in [2.05, 4.69) is 0 Å². The van der Waals surface area contributed by atoms with Crippen molar-refractivity contribution in [3.63, 3.8) is 0 Å². The lowest BCUT2D eigenvalue weighted by molar-refractivity contribution is -0.156. The van der Waals surface area contributed by atoms with E-state index in [9.17, 15) is 14.4 Å². The zero-order valence-electron chi connectivity index (χ0n) is 11.4. The molecule has 1 aromatic rings. The molecule has 0 unspecified atom stereocenters. The molecular weight excluding hydrogens is 244 g/mol. The van der Waals surface area contributed by atoms with Crippen LogP contribution in [0.5, 0.6) is 0 Å². The van der Waals surface area contributed by atoms with Crippen molar-refractivity contribution < 1.29 is 19.1 Å². The molecule has 0 fully saturated rings. The number of rotatable bonds is 5. The second-order valence-corrected chi connectivity index (χ2v) is 5.27. The molecule has 0 radical (unpaired) electrons. The summed E-state index contributed by atoms with van der Waals surface area (Å²) in [5, 5.41) is 0. The van der Waals surface area contributed by atoms with Gasteiger partial charge in [-0.25, -0.2) is 0 Å². The van der Waals surface area contributed by atoms with Crippen molar-refractivity contribution in [1.82, 2.24) is 0 Å². The molecule has 4 nitrogen and oxygen atoms in total. The summed E-state index contributed by atoms with van der Waals surface area (Å²) in [4.78, 5) is 34.8. The molecule has 0 bridgehead atoms. The molecule has 0 spiro atoms. The average Bonchev–Trinajstić information content (AvgIpc) is 2.27. The van der Waals surface area contributed by atoms with Gasteiger partial charge in [0, 0.05) is 5.56 Å². The third-order valence-electron chi connectivity index (χ3n) is 2.22. The van der Waals surface area contributed by atoms with Crippen molar-refractivity contribution in [3.8, 4) is 0 Å². The zero-order chi connectivity index (χ0) is 14.5. The molecule has 0 atom stereocenters. The molecule has 1 aromatic carbocycles. The summed E-state index contributed by atoms with van der Waals surface area (Å²) < 4.78 is 5.02. The summed E-state index contributed by atoms with van der Waals surface area (Å²) in [6.45, 7) is 5.18. The highest BCUT2D eigenvalue weighted by Crippen LogP contribution is 2.10. The van der Waals surface area contributed by atoms with E-state index in [-0.39, 0.29) is 18.6 Å². The normalized spacial score (nSPS) is 10.9. The maximum Gasteiger partial charge on any atom is 0.313 e. The van der Waals surface area contributed by atoms with Crippen molar-refractivity contribution in [3.05, 3.63) is 35.9 Å². The second-order valence-electron chi connectivity index (χ2n) is 5.27. The first kappa shape index (κ1) is 15.1. The van der Waals surface area contributed by atoms with E-state index in [1.54, 1.807) is 51.1 Å². The van der Waals surface area contributed by atoms with Crippen molar-refractivity contribution >= 4 is 17.5 Å². The van der Waals surface area contributed by atoms with Gasteiger partial charge in [-0.2, -0.15) is 0 Å². The van der Waals surface area contributed by atoms with E-state index in [1.807, 2.05) is 0 Å². The third kappa shape index (κ3) is 5.95. The Balaban J connectivity index is 2.48. The average molecular weight is 262 g/mol. The van der Waals surface area contributed by atoms with Crippen LogP contribution in [0.25, 0.3) is 0 Å². The van der Waals surface area contributed by atoms with Crippen LogP contribution in [0, 0.1) is 0 Å². The van der Waals surface area contributed by atoms with Crippen LogP contribution in [-0.4, -0.2) is 23.1 Å². The number of Topliss-reactive ketones (excluding diaryl/α,β-unsaturated/α-hetero) is 2. The van der Waals surface area contributed by atoms with Gasteiger partial charge in [-0.05, 0) is 20.8 Å². The smallest absolute Gasteiger partial charge is 0.313 e. The molecule has 0 heterocycles. The minimum Gasteiger partial charge on any atom is -0.460 e. The van der Waals surface area contributed by atoms with E-state index in [0.717, 1.165) is 0 Å². The van der Waals surface area contributed by atoms with Crippen LogP contribution in [0.2, 0.25) is 0 Å². The predicted molar refractivity (Wildman–Crippen MR) is 70.9 cm³/mol. The Morgan fingerprint density at radius 3 is 2.11 bits per heavy atom. The first-order valence-corrected chi connectivity index (χ1v) is 6.10. The zero-order valence-corrected chi connectivity index (χ0v) is 11.4. The lowest BCUT2D eigenvalue weighted by Crippen LogP contribution is -2.25. The van der Waals surface area contributed by atoms with Crippen molar-refractivity contribution in [1.29, 1.82) is 0 Å². The Morgan fingerprint density at radius 1 is 1.00 bits per heavy atom. The molecule has 0 aromatic heterocycles. The quantitative estimate of drug-likeness (QED) is 0.465. The molecular formula is C15H18O4. The Morgan fingerprint density at radius 2 is 1.58 bits per heavy atom. The topological polar surface area (TPSA) is 60.4 Å². The van der Waals surface area contributed by atoms with Crippen molar-refractivity contribution in [2.75, 3.05) is 0 Å². The number of hydrogen-bond donors (Lipinski definition) is 0. The van der Waals surface area contributed by atoms with Crippen LogP contribution in [0.4, 0.5) is 0 Å². The number of ether oxygens (including phenoxy) is 1. The van der Waals surface area contributed by atoms with Gasteiger partial charge in [0.25, 0.3) is 0 Å². The number of benzene rings is 1. The second kappa shape index (κ2) is 6.27. The van der Waals surface area contributed by atoms with E-state index < -0.39 is 17.4 Å². The Bertz CT molecular complexity index is 469. The molecule has 19 heavy (non-hydrogen) atoms. The summed E-state index contributed by atoms with van der Waals surface area (Å²) in [6.07, 6.45) is -0.640. The molecule has 0 N–H and O–H groups in total. The fourth-order valence-corrected chi connectivity index (χ4v) is 1.51. The fourth-order valence-electron chi connectivity index (χ4n) is 1.51. The van der Waals surface area contributed by atoms with Gasteiger partial charge in [-0.1, -0.05) is 30.3 Å². The monoisotopic (exact) mass is 262 g/mol. The summed E-state index contributed by atoms with van der Waals surface area (Å²) in [7, 11) is 0. The fraction of sp³-hybridized carbons (Fsp3) is 0.400. The van der Waals surface area contributed by atoms with Gasteiger partial charge in [0.15, 0.2) is 11.6 Å². The molecule has 1 rings (SSSR count). The largest absolute Gasteiger partial charge is 0.460 e. The third-order valence-corrected chi connectivity index (χ3v) is 2.22. The molecule has 0 aliphatic heterocycles. The number of ketones is 2. The van der Waals surface area contributed by atoms with Crippen LogP contribution >= 0.6 is 0 Å². The Labute approximate surface area is 112 Å². The van der Waals surface area contributed by atoms with Gasteiger partial charge < -0.3 is 4.74 Å². The van der Waals surface area contributed by atoms with Crippen molar-refractivity contribution in [2.45, 2.75) is 39.2 Å². The number of esters is 1. The first-order valence-electron chi connectivity index (χ1n) is 6.10. The number of carbonyl (C=O) groups excluding carboxylic acids is 3. The lowest BCUT2D eigenvalue weighted by atomic mass is 10.0. The van der Waals surface area contributed by atoms with Crippen molar-refractivity contribution in [2.24, 2.45) is 0 Å². The highest BCUT2D eigenvalue weighted by molar-refractivity contribution is 6.11. The maximum atomic E-state index is 11.7. The number of hydrogen-bond acceptors (Lipinski definition) is 4. The molecule has 0 amide bonds. The van der Waals surface area contributed by atoms with Gasteiger partial charge in [0.2, 0.25) is 0 Å². The van der Waals surface area contributed by atoms with Crippen LogP contribution in [0.1, 0.15) is 44.0 Å². The molecule has 0 saturated carbocycles. The number of carbonyl (C=O) groups is 3. The van der Waals surface area contributed by atoms with Gasteiger partial charge in [0.05, 0.1) is 6.42 Å². The van der Waals surface area contributed by atoms with Gasteiger partial charge >= 0.3 is 5.97 Å². The summed E-state index contributed by atoms with van der Waals surface area (Å²) in [5.41, 5.74) is -0.152. The molecule has 102 valence electrons. The standard InChI is InChI=1S/C15H18O4/c1-15(2,3)19-14(18)10-12(16)9-13(17)11-7-5-4-6-8-11/h4-8H,9-10H2,1-3H3. The molecule has 0 aliphatic carbocycles. The van der Waals surface area contributed by atoms with Crippen LogP contribution in [-0.2, 0) is 14.3 Å². The maximum absolute atomic E-state index is 11.7. The molecule has 0 saturated heterocycles. The first-order chi connectivity index (χ1) is 8.78. The van der Waals surface area contributed by atoms with E-state index in [0.29, 0.717) is 5.56 Å². The highest BCUT2D eigenvalue weighted by atomic mass is 16.6. The van der Waals surface area contributed by atoms with Gasteiger partial charge in [-0.3, -0.25) is 14.4 Å². The minimum atomic E-state index is -0.624. The van der Waals surface area contributed by atoms with Crippen LogP contribution in [0.3, 0.4) is 0 Å². The molecule has 0 aliphatic rings. The summed E-state index contributed by atoms with van der Waals surface area (Å²) in [5.74, 6) is -1.31. The lowest BCUT2D eigenvalue weighted by Gasteiger charge is -2.19. The summed E-state index contributed by atoms with van der Waals surface area (Å²) in [6, 6.07) is 8.53. The van der Waals surface area contributed by atoms with E-state index >= 15 is 0 Å². The van der Waals surface area contributed by atoms with Gasteiger partial charge in [0.1, 0.15) is 12.0 Å². The Hall–Kier alpha value is -1.97. The van der Waals surface area contributed by atoms with E-state index in [4.69, 9.17) is 4.74 Å². The Kier molecular flexibility index (Phi) is 4.98. The molecule has 4 heteroatoms. The predicted octanol–water partition coefficient (Wildman–Crippen LogP) is 2.56.